The van der Waals surface area contributed by atoms with Crippen LogP contribution in [0.3, 0.4) is 0 Å². The first-order valence-corrected chi connectivity index (χ1v) is 6.19. The van der Waals surface area contributed by atoms with E-state index in [1.54, 1.807) is 0 Å². The van der Waals surface area contributed by atoms with Gasteiger partial charge in [-0.05, 0) is 53.8 Å². The van der Waals surface area contributed by atoms with Gasteiger partial charge in [0.1, 0.15) is 0 Å². The topological polar surface area (TPSA) is 31.2 Å². The van der Waals surface area contributed by atoms with Crippen LogP contribution in [0.15, 0.2) is 0 Å². The van der Waals surface area contributed by atoms with E-state index >= 15 is 0 Å². The van der Waals surface area contributed by atoms with Crippen LogP contribution in [0.2, 0.25) is 0 Å². The van der Waals surface area contributed by atoms with Gasteiger partial charge in [0.15, 0.2) is 0 Å². The van der Waals surface area contributed by atoms with Crippen molar-refractivity contribution in [2.24, 2.45) is 7.05 Å². The standard InChI is InChI=1S/C11H14INO2/c1-13-8-6-4-3-5-7(8)9(10(13)12)11(14)15-2/h3-6H2,1-2H3. The van der Waals surface area contributed by atoms with Gasteiger partial charge in [-0.3, -0.25) is 0 Å². The molecule has 4 heteroatoms. The number of methoxy groups -OCH3 is 1. The number of fused-ring (bicyclic) bond motifs is 1. The van der Waals surface area contributed by atoms with Gasteiger partial charge in [-0.1, -0.05) is 0 Å². The number of esters is 1. The Morgan fingerprint density at radius 1 is 1.40 bits per heavy atom. The van der Waals surface area contributed by atoms with Crippen LogP contribution in [0.1, 0.15) is 34.5 Å². The molecule has 0 saturated carbocycles. The van der Waals surface area contributed by atoms with Gasteiger partial charge in [0.2, 0.25) is 0 Å². The van der Waals surface area contributed by atoms with Gasteiger partial charge in [-0.25, -0.2) is 4.79 Å². The average Bonchev–Trinajstić information content (AvgIpc) is 2.52. The lowest BCUT2D eigenvalue weighted by Crippen LogP contribution is -2.08. The molecule has 0 aliphatic heterocycles. The van der Waals surface area contributed by atoms with Gasteiger partial charge in [0.05, 0.1) is 16.4 Å². The molecule has 1 aliphatic rings. The summed E-state index contributed by atoms with van der Waals surface area (Å²) in [6, 6.07) is 0. The van der Waals surface area contributed by atoms with Crippen molar-refractivity contribution in [2.45, 2.75) is 25.7 Å². The molecule has 0 saturated heterocycles. The summed E-state index contributed by atoms with van der Waals surface area (Å²) in [7, 11) is 3.47. The predicted molar refractivity (Wildman–Crippen MR) is 66.1 cm³/mol. The van der Waals surface area contributed by atoms with Crippen LogP contribution in [0, 0.1) is 3.70 Å². The molecule has 0 spiro atoms. The number of hydrogen-bond donors (Lipinski definition) is 0. The van der Waals surface area contributed by atoms with Crippen LogP contribution in [-0.2, 0) is 24.6 Å². The van der Waals surface area contributed by atoms with Gasteiger partial charge in [0.25, 0.3) is 0 Å². The number of carbonyl (C=O) groups excluding carboxylic acids is 1. The monoisotopic (exact) mass is 319 g/mol. The van der Waals surface area contributed by atoms with E-state index in [1.807, 2.05) is 7.05 Å². The van der Waals surface area contributed by atoms with Gasteiger partial charge >= 0.3 is 5.97 Å². The molecular formula is C11H14INO2. The lowest BCUT2D eigenvalue weighted by molar-refractivity contribution is 0.0598. The summed E-state index contributed by atoms with van der Waals surface area (Å²) in [6.07, 6.45) is 4.49. The van der Waals surface area contributed by atoms with Crippen molar-refractivity contribution in [1.82, 2.24) is 4.57 Å². The molecule has 2 rings (SSSR count). The van der Waals surface area contributed by atoms with Gasteiger partial charge < -0.3 is 9.30 Å². The molecule has 0 bridgehead atoms. The third-order valence-corrected chi connectivity index (χ3v) is 4.30. The maximum absolute atomic E-state index is 11.7. The second-order valence-electron chi connectivity index (χ2n) is 3.85. The summed E-state index contributed by atoms with van der Waals surface area (Å²) in [5, 5.41) is 0. The number of carbonyl (C=O) groups is 1. The summed E-state index contributed by atoms with van der Waals surface area (Å²) in [6.45, 7) is 0. The van der Waals surface area contributed by atoms with Crippen molar-refractivity contribution in [2.75, 3.05) is 7.11 Å². The van der Waals surface area contributed by atoms with Crippen LogP contribution < -0.4 is 0 Å². The van der Waals surface area contributed by atoms with Crippen LogP contribution in [0.4, 0.5) is 0 Å². The van der Waals surface area contributed by atoms with Crippen LogP contribution in [0.25, 0.3) is 0 Å². The molecule has 1 heterocycles. The molecule has 0 fully saturated rings. The first-order valence-electron chi connectivity index (χ1n) is 5.11. The smallest absolute Gasteiger partial charge is 0.340 e. The summed E-state index contributed by atoms with van der Waals surface area (Å²) < 4.78 is 7.97. The zero-order chi connectivity index (χ0) is 11.0. The fourth-order valence-electron chi connectivity index (χ4n) is 2.25. The molecule has 0 N–H and O–H groups in total. The minimum absolute atomic E-state index is 0.196. The molecule has 0 amide bonds. The molecule has 0 atom stereocenters. The molecule has 82 valence electrons. The van der Waals surface area contributed by atoms with Crippen molar-refractivity contribution in [3.05, 3.63) is 20.5 Å². The van der Waals surface area contributed by atoms with E-state index in [0.29, 0.717) is 0 Å². The second-order valence-corrected chi connectivity index (χ2v) is 4.87. The summed E-state index contributed by atoms with van der Waals surface area (Å²) in [4.78, 5) is 11.7. The zero-order valence-electron chi connectivity index (χ0n) is 8.97. The lowest BCUT2D eigenvalue weighted by Gasteiger charge is -2.13. The predicted octanol–water partition coefficient (Wildman–Crippen LogP) is 2.30. The fraction of sp³-hybridized carbons (Fsp3) is 0.545. The molecule has 1 aromatic rings. The van der Waals surface area contributed by atoms with E-state index in [9.17, 15) is 4.79 Å². The summed E-state index contributed by atoms with van der Waals surface area (Å²) in [5.41, 5.74) is 3.31. The number of rotatable bonds is 1. The number of hydrogen-bond acceptors (Lipinski definition) is 2. The Hall–Kier alpha value is -0.520. The molecule has 0 aromatic carbocycles. The van der Waals surface area contributed by atoms with Crippen molar-refractivity contribution in [1.29, 1.82) is 0 Å². The fourth-order valence-corrected chi connectivity index (χ4v) is 3.09. The third-order valence-electron chi connectivity index (χ3n) is 3.04. The Morgan fingerprint density at radius 3 is 2.73 bits per heavy atom. The zero-order valence-corrected chi connectivity index (χ0v) is 11.1. The Morgan fingerprint density at radius 2 is 2.07 bits per heavy atom. The third kappa shape index (κ3) is 1.68. The van der Waals surface area contributed by atoms with E-state index in [-0.39, 0.29) is 5.97 Å². The van der Waals surface area contributed by atoms with E-state index in [4.69, 9.17) is 4.74 Å². The van der Waals surface area contributed by atoms with Crippen LogP contribution in [0.5, 0.6) is 0 Å². The van der Waals surface area contributed by atoms with Crippen molar-refractivity contribution >= 4 is 28.6 Å². The Balaban J connectivity index is 2.58. The number of nitrogens with zero attached hydrogens (tertiary/aromatic N) is 1. The van der Waals surface area contributed by atoms with E-state index in [2.05, 4.69) is 27.2 Å². The first-order chi connectivity index (χ1) is 7.16. The number of ether oxygens (including phenoxy) is 1. The highest BCUT2D eigenvalue weighted by Crippen LogP contribution is 2.30. The highest BCUT2D eigenvalue weighted by molar-refractivity contribution is 14.1. The normalized spacial score (nSPS) is 14.9. The van der Waals surface area contributed by atoms with Crippen LogP contribution >= 0.6 is 22.6 Å². The first kappa shape index (κ1) is 11.0. The quantitative estimate of drug-likeness (QED) is 0.587. The van der Waals surface area contributed by atoms with Gasteiger partial charge in [-0.15, -0.1) is 0 Å². The highest BCUT2D eigenvalue weighted by atomic mass is 127. The van der Waals surface area contributed by atoms with E-state index < -0.39 is 0 Å². The molecular weight excluding hydrogens is 305 g/mol. The summed E-state index contributed by atoms with van der Waals surface area (Å²) >= 11 is 2.23. The maximum Gasteiger partial charge on any atom is 0.340 e. The number of halogens is 1. The van der Waals surface area contributed by atoms with E-state index in [1.165, 1.54) is 31.2 Å². The molecule has 0 unspecified atom stereocenters. The van der Waals surface area contributed by atoms with Crippen molar-refractivity contribution in [3.63, 3.8) is 0 Å². The molecule has 15 heavy (non-hydrogen) atoms. The van der Waals surface area contributed by atoms with Gasteiger partial charge in [0, 0.05) is 12.7 Å². The molecule has 0 radical (unpaired) electrons. The molecule has 3 nitrogen and oxygen atoms in total. The maximum atomic E-state index is 11.7. The van der Waals surface area contributed by atoms with Gasteiger partial charge in [-0.2, -0.15) is 0 Å². The lowest BCUT2D eigenvalue weighted by atomic mass is 9.95. The summed E-state index contributed by atoms with van der Waals surface area (Å²) in [5.74, 6) is -0.196. The second kappa shape index (κ2) is 4.15. The minimum atomic E-state index is -0.196. The number of aromatic nitrogens is 1. The van der Waals surface area contributed by atoms with Crippen molar-refractivity contribution < 1.29 is 9.53 Å². The Kier molecular flexibility index (Phi) is 3.04. The van der Waals surface area contributed by atoms with E-state index in [0.717, 1.165) is 22.1 Å². The van der Waals surface area contributed by atoms with Crippen LogP contribution in [-0.4, -0.2) is 17.6 Å². The Bertz CT molecular complexity index is 409. The van der Waals surface area contributed by atoms with Crippen molar-refractivity contribution in [3.8, 4) is 0 Å². The Labute approximate surface area is 103 Å². The SMILES string of the molecule is COC(=O)c1c2c(n(C)c1I)CCCC2. The highest BCUT2D eigenvalue weighted by Gasteiger charge is 2.26. The largest absolute Gasteiger partial charge is 0.465 e. The average molecular weight is 319 g/mol. The minimum Gasteiger partial charge on any atom is -0.465 e. The molecule has 1 aliphatic carbocycles. The molecule has 1 aromatic heterocycles.